The number of carbonyl (C=O) groups excluding carboxylic acids is 1. The van der Waals surface area contributed by atoms with Gasteiger partial charge in [0.2, 0.25) is 15.0 Å². The van der Waals surface area contributed by atoms with Crippen LogP contribution in [0.15, 0.2) is 16.7 Å². The van der Waals surface area contributed by atoms with Gasteiger partial charge >= 0.3 is 0 Å². The first-order chi connectivity index (χ1) is 8.78. The summed E-state index contributed by atoms with van der Waals surface area (Å²) in [5.74, 6) is -0.0898. The van der Waals surface area contributed by atoms with Crippen molar-refractivity contribution >= 4 is 47.4 Å². The molecular weight excluding hydrogens is 356 g/mol. The number of anilines is 1. The number of halogens is 2. The molecule has 0 spiro atoms. The van der Waals surface area contributed by atoms with Gasteiger partial charge in [0.25, 0.3) is 0 Å². The van der Waals surface area contributed by atoms with Crippen molar-refractivity contribution in [1.82, 2.24) is 4.98 Å². The van der Waals surface area contributed by atoms with Gasteiger partial charge in [0.1, 0.15) is 5.82 Å². The molecule has 1 aliphatic heterocycles. The van der Waals surface area contributed by atoms with Crippen molar-refractivity contribution in [2.45, 2.75) is 13.3 Å². The number of amides is 1. The van der Waals surface area contributed by atoms with Gasteiger partial charge in [0.05, 0.1) is 10.2 Å². The number of hydrogen-bond donors (Lipinski definition) is 0. The second-order valence-corrected chi connectivity index (χ2v) is 8.16. The quantitative estimate of drug-likeness (QED) is 0.767. The highest BCUT2D eigenvalue weighted by Crippen LogP contribution is 2.32. The molecule has 0 aliphatic carbocycles. The summed E-state index contributed by atoms with van der Waals surface area (Å²) in [6, 6.07) is 1.83. The molecule has 0 aromatic carbocycles. The maximum absolute atomic E-state index is 12.0. The predicted octanol–water partition coefficient (Wildman–Crippen LogP) is 2.07. The Morgan fingerprint density at radius 2 is 2.26 bits per heavy atom. The van der Waals surface area contributed by atoms with E-state index in [0.29, 0.717) is 12.4 Å². The molecule has 1 aromatic rings. The Balaban J connectivity index is 2.23. The maximum Gasteiger partial charge on any atom is 0.232 e. The molecule has 5 nitrogen and oxygen atoms in total. The van der Waals surface area contributed by atoms with E-state index >= 15 is 0 Å². The molecule has 1 atom stereocenters. The lowest BCUT2D eigenvalue weighted by Gasteiger charge is -2.17. The zero-order valence-corrected chi connectivity index (χ0v) is 13.3. The third-order valence-electron chi connectivity index (χ3n) is 2.96. The van der Waals surface area contributed by atoms with Crippen LogP contribution in [0.4, 0.5) is 5.82 Å². The largest absolute Gasteiger partial charge is 0.296 e. The van der Waals surface area contributed by atoms with Gasteiger partial charge in [-0.05, 0) is 34.5 Å². The molecule has 1 unspecified atom stereocenters. The Hall–Kier alpha value is -0.660. The number of aromatic nitrogens is 1. The van der Waals surface area contributed by atoms with Crippen LogP contribution in [0.5, 0.6) is 0 Å². The summed E-state index contributed by atoms with van der Waals surface area (Å²) in [7, 11) is 1.63. The highest BCUT2D eigenvalue weighted by molar-refractivity contribution is 9.10. The fourth-order valence-corrected chi connectivity index (χ4v) is 3.86. The number of aryl methyl sites for hydroxylation is 1. The van der Waals surface area contributed by atoms with E-state index in [-0.39, 0.29) is 24.0 Å². The van der Waals surface area contributed by atoms with E-state index in [1.54, 1.807) is 6.20 Å². The van der Waals surface area contributed by atoms with Gasteiger partial charge in [-0.2, -0.15) is 0 Å². The minimum absolute atomic E-state index is 0.135. The van der Waals surface area contributed by atoms with Gasteiger partial charge in [-0.25, -0.2) is 13.4 Å². The average molecular weight is 368 g/mol. The summed E-state index contributed by atoms with van der Waals surface area (Å²) in [6.45, 7) is 2.22. The predicted molar refractivity (Wildman–Crippen MR) is 76.8 cm³/mol. The van der Waals surface area contributed by atoms with Gasteiger partial charge in [-0.1, -0.05) is 0 Å². The van der Waals surface area contributed by atoms with Crippen molar-refractivity contribution in [3.63, 3.8) is 0 Å². The fourth-order valence-electron chi connectivity index (χ4n) is 2.09. The second-order valence-electron chi connectivity index (χ2n) is 4.55. The summed E-state index contributed by atoms with van der Waals surface area (Å²) in [4.78, 5) is 17.6. The van der Waals surface area contributed by atoms with E-state index in [1.165, 1.54) is 4.90 Å². The summed E-state index contributed by atoms with van der Waals surface area (Å²) in [5.41, 5.74) is 0.964. The number of hydrogen-bond acceptors (Lipinski definition) is 4. The zero-order chi connectivity index (χ0) is 14.2. The van der Waals surface area contributed by atoms with Crippen LogP contribution >= 0.6 is 26.6 Å². The highest BCUT2D eigenvalue weighted by Gasteiger charge is 2.34. The van der Waals surface area contributed by atoms with Crippen LogP contribution in [0, 0.1) is 12.8 Å². The van der Waals surface area contributed by atoms with Crippen LogP contribution in [0.2, 0.25) is 0 Å². The lowest BCUT2D eigenvalue weighted by molar-refractivity contribution is -0.117. The molecule has 0 saturated carbocycles. The van der Waals surface area contributed by atoms with Crippen molar-refractivity contribution in [1.29, 1.82) is 0 Å². The first-order valence-corrected chi connectivity index (χ1v) is 8.89. The molecule has 2 rings (SSSR count). The molecule has 8 heteroatoms. The van der Waals surface area contributed by atoms with E-state index < -0.39 is 9.05 Å². The molecule has 1 fully saturated rings. The Kier molecular flexibility index (Phi) is 4.17. The van der Waals surface area contributed by atoms with Crippen molar-refractivity contribution in [2.75, 3.05) is 17.2 Å². The molecule has 1 aliphatic rings. The molecule has 1 saturated heterocycles. The standard InChI is InChI=1S/C11H12BrClN2O3S/c1-7-2-3-14-11(10(7)12)15-5-8(4-9(15)16)6-19(13,17)18/h2-3,8H,4-6H2,1H3. The van der Waals surface area contributed by atoms with Crippen LogP contribution in [-0.4, -0.2) is 31.6 Å². The SMILES string of the molecule is Cc1ccnc(N2CC(CS(=O)(=O)Cl)CC2=O)c1Br. The van der Waals surface area contributed by atoms with E-state index in [9.17, 15) is 13.2 Å². The highest BCUT2D eigenvalue weighted by atomic mass is 79.9. The van der Waals surface area contributed by atoms with Crippen molar-refractivity contribution < 1.29 is 13.2 Å². The Labute approximate surface area is 124 Å². The minimum atomic E-state index is -3.59. The van der Waals surface area contributed by atoms with E-state index in [4.69, 9.17) is 10.7 Å². The Bertz CT molecular complexity index is 620. The summed E-state index contributed by atoms with van der Waals surface area (Å²) < 4.78 is 22.9. The lowest BCUT2D eigenvalue weighted by atomic mass is 10.1. The first-order valence-electron chi connectivity index (χ1n) is 5.61. The summed E-state index contributed by atoms with van der Waals surface area (Å²) >= 11 is 3.40. The molecule has 19 heavy (non-hydrogen) atoms. The van der Waals surface area contributed by atoms with E-state index in [2.05, 4.69) is 20.9 Å². The molecular formula is C11H12BrClN2O3S. The van der Waals surface area contributed by atoms with Gasteiger partial charge in [0.15, 0.2) is 0 Å². The topological polar surface area (TPSA) is 67.3 Å². The molecule has 0 radical (unpaired) electrons. The summed E-state index contributed by atoms with van der Waals surface area (Å²) in [5, 5.41) is 0. The van der Waals surface area contributed by atoms with Crippen molar-refractivity contribution in [3.8, 4) is 0 Å². The second kappa shape index (κ2) is 5.38. The normalized spacial score (nSPS) is 20.1. The fraction of sp³-hybridized carbons (Fsp3) is 0.455. The molecule has 1 aromatic heterocycles. The van der Waals surface area contributed by atoms with Crippen molar-refractivity contribution in [2.24, 2.45) is 5.92 Å². The zero-order valence-electron chi connectivity index (χ0n) is 10.1. The van der Waals surface area contributed by atoms with Crippen LogP contribution in [0.1, 0.15) is 12.0 Å². The smallest absolute Gasteiger partial charge is 0.232 e. The number of nitrogens with zero attached hydrogens (tertiary/aromatic N) is 2. The van der Waals surface area contributed by atoms with E-state index in [1.807, 2.05) is 13.0 Å². The number of carbonyl (C=O) groups is 1. The van der Waals surface area contributed by atoms with Crippen molar-refractivity contribution in [3.05, 3.63) is 22.3 Å². The van der Waals surface area contributed by atoms with Crippen LogP contribution in [0.3, 0.4) is 0 Å². The van der Waals surface area contributed by atoms with Crippen LogP contribution in [0.25, 0.3) is 0 Å². The molecule has 1 amide bonds. The molecule has 0 bridgehead atoms. The Morgan fingerprint density at radius 1 is 1.58 bits per heavy atom. The number of pyridine rings is 1. The third kappa shape index (κ3) is 3.46. The first kappa shape index (κ1) is 14.7. The van der Waals surface area contributed by atoms with Gasteiger partial charge in [-0.3, -0.25) is 9.69 Å². The molecule has 104 valence electrons. The monoisotopic (exact) mass is 366 g/mol. The molecule has 2 heterocycles. The molecule has 0 N–H and O–H groups in total. The average Bonchev–Trinajstić information content (AvgIpc) is 2.61. The lowest BCUT2D eigenvalue weighted by Crippen LogP contribution is -2.26. The number of rotatable bonds is 3. The van der Waals surface area contributed by atoms with Gasteiger partial charge in [0, 0.05) is 35.8 Å². The minimum Gasteiger partial charge on any atom is -0.296 e. The van der Waals surface area contributed by atoms with Crippen LogP contribution in [-0.2, 0) is 13.8 Å². The Morgan fingerprint density at radius 3 is 2.89 bits per heavy atom. The van der Waals surface area contributed by atoms with Gasteiger partial charge < -0.3 is 0 Å². The van der Waals surface area contributed by atoms with E-state index in [0.717, 1.165) is 10.0 Å². The summed E-state index contributed by atoms with van der Waals surface area (Å²) in [6.07, 6.45) is 1.79. The van der Waals surface area contributed by atoms with Gasteiger partial charge in [-0.15, -0.1) is 0 Å². The van der Waals surface area contributed by atoms with Crippen LogP contribution < -0.4 is 4.90 Å². The maximum atomic E-state index is 12.0. The third-order valence-corrected chi connectivity index (χ3v) is 5.19.